The first-order valence-electron chi connectivity index (χ1n) is 6.36. The molecular formula is C12H32OSn2. The summed E-state index contributed by atoms with van der Waals surface area (Å²) < 4.78 is 9.30. The first kappa shape index (κ1) is 21.8. The van der Waals surface area contributed by atoms with Gasteiger partial charge >= 0.3 is 108 Å². The molecule has 0 saturated heterocycles. The Labute approximate surface area is 112 Å². The topological polar surface area (TPSA) is 31.5 Å². The Bertz CT molecular complexity index is 68.6. The maximum atomic E-state index is 2.35. The van der Waals surface area contributed by atoms with Crippen molar-refractivity contribution in [2.24, 2.45) is 0 Å². The van der Waals surface area contributed by atoms with E-state index in [1.807, 2.05) is 0 Å². The molecule has 15 heavy (non-hydrogen) atoms. The molecule has 2 radical (unpaired) electrons. The van der Waals surface area contributed by atoms with Gasteiger partial charge < -0.3 is 5.48 Å². The van der Waals surface area contributed by atoms with Crippen LogP contribution < -0.4 is 0 Å². The predicted octanol–water partition coefficient (Wildman–Crippen LogP) is 4.26. The van der Waals surface area contributed by atoms with Gasteiger partial charge in [-0.1, -0.05) is 0 Å². The molecule has 0 saturated carbocycles. The minimum Gasteiger partial charge on any atom is -0.412 e. The fourth-order valence-corrected chi connectivity index (χ4v) is 10.1. The second-order valence-corrected chi connectivity index (χ2v) is 24.3. The summed E-state index contributed by atoms with van der Waals surface area (Å²) in [7, 11) is 0. The Hall–Kier alpha value is 1.56. The van der Waals surface area contributed by atoms with Gasteiger partial charge in [0.2, 0.25) is 0 Å². The third-order valence-electron chi connectivity index (χ3n) is 3.00. The van der Waals surface area contributed by atoms with Gasteiger partial charge in [-0.15, -0.1) is 0 Å². The second kappa shape index (κ2) is 17.9. The van der Waals surface area contributed by atoms with Crippen LogP contribution in [-0.2, 0) is 0 Å². The summed E-state index contributed by atoms with van der Waals surface area (Å²) >= 11 is -1.31. The van der Waals surface area contributed by atoms with Gasteiger partial charge in [0.15, 0.2) is 0 Å². The first-order valence-corrected chi connectivity index (χ1v) is 18.5. The van der Waals surface area contributed by atoms with E-state index in [0.29, 0.717) is 0 Å². The van der Waals surface area contributed by atoms with Crippen molar-refractivity contribution in [3.8, 4) is 0 Å². The fraction of sp³-hybridized carbons (Fsp3) is 1.00. The van der Waals surface area contributed by atoms with Crippen LogP contribution in [0.15, 0.2) is 0 Å². The zero-order chi connectivity index (χ0) is 11.4. The van der Waals surface area contributed by atoms with Crippen LogP contribution in [0.2, 0.25) is 26.6 Å². The van der Waals surface area contributed by atoms with E-state index < -0.39 is 39.5 Å². The minimum absolute atomic E-state index is 0. The van der Waals surface area contributed by atoms with Gasteiger partial charge in [-0.2, -0.15) is 0 Å². The van der Waals surface area contributed by atoms with Crippen molar-refractivity contribution in [3.63, 3.8) is 0 Å². The standard InChI is InChI=1S/6C2H5.H2O.2Sn/c6*1-2;;;/h6*1H2,2H3;1H2;;. The van der Waals surface area contributed by atoms with Crippen LogP contribution in [0, 0.1) is 0 Å². The summed E-state index contributed by atoms with van der Waals surface area (Å²) in [6, 6.07) is 0. The van der Waals surface area contributed by atoms with Crippen LogP contribution in [0.5, 0.6) is 0 Å². The van der Waals surface area contributed by atoms with Gasteiger partial charge in [0.05, 0.1) is 0 Å². The van der Waals surface area contributed by atoms with Crippen molar-refractivity contribution in [2.45, 2.75) is 68.2 Å². The molecule has 0 rings (SSSR count). The Morgan fingerprint density at radius 3 is 0.600 bits per heavy atom. The molecule has 0 aliphatic heterocycles. The van der Waals surface area contributed by atoms with Crippen molar-refractivity contribution < 1.29 is 5.48 Å². The van der Waals surface area contributed by atoms with E-state index in [1.165, 1.54) is 0 Å². The first-order chi connectivity index (χ1) is 6.69. The summed E-state index contributed by atoms with van der Waals surface area (Å²) in [6.07, 6.45) is 0. The number of rotatable bonds is 6. The molecule has 94 valence electrons. The molecule has 0 fully saturated rings. The molecule has 0 amide bonds. The molecule has 0 unspecified atom stereocenters. The summed E-state index contributed by atoms with van der Waals surface area (Å²) in [4.78, 5) is 0. The van der Waals surface area contributed by atoms with Gasteiger partial charge in [-0.05, 0) is 0 Å². The Balaban J connectivity index is -0.000000180. The molecule has 0 spiro atoms. The fourth-order valence-electron chi connectivity index (χ4n) is 1.50. The normalized spacial score (nSPS) is 9.60. The monoisotopic (exact) mass is 432 g/mol. The van der Waals surface area contributed by atoms with E-state index in [9.17, 15) is 0 Å². The largest absolute Gasteiger partial charge is 0.412 e. The van der Waals surface area contributed by atoms with Crippen molar-refractivity contribution in [1.82, 2.24) is 0 Å². The summed E-state index contributed by atoms with van der Waals surface area (Å²) in [5.41, 5.74) is 0. The third kappa shape index (κ3) is 15.6. The predicted molar refractivity (Wildman–Crippen MR) is 78.0 cm³/mol. The smallest absolute Gasteiger partial charge is 0.412 e. The zero-order valence-electron chi connectivity index (χ0n) is 11.7. The molecule has 0 aliphatic rings. The van der Waals surface area contributed by atoms with E-state index in [0.717, 1.165) is 0 Å². The quantitative estimate of drug-likeness (QED) is 0.565. The summed E-state index contributed by atoms with van der Waals surface area (Å²) in [5, 5.41) is 0. The molecule has 0 aromatic heterocycles. The van der Waals surface area contributed by atoms with Gasteiger partial charge in [0.1, 0.15) is 0 Å². The summed E-state index contributed by atoms with van der Waals surface area (Å²) in [5.74, 6) is 0. The minimum atomic E-state index is -0.653. The number of hydrogen-bond donors (Lipinski definition) is 0. The van der Waals surface area contributed by atoms with Gasteiger partial charge in [-0.3, -0.25) is 0 Å². The van der Waals surface area contributed by atoms with Crippen LogP contribution >= 0.6 is 0 Å². The van der Waals surface area contributed by atoms with Crippen LogP contribution in [0.4, 0.5) is 0 Å². The van der Waals surface area contributed by atoms with E-state index in [4.69, 9.17) is 0 Å². The van der Waals surface area contributed by atoms with Gasteiger partial charge in [0.25, 0.3) is 0 Å². The molecule has 0 bridgehead atoms. The average molecular weight is 430 g/mol. The van der Waals surface area contributed by atoms with Crippen molar-refractivity contribution >= 4 is 39.5 Å². The molecule has 2 N–H and O–H groups in total. The average Bonchev–Trinajstić information content (AvgIpc) is 2.24. The maximum Gasteiger partial charge on any atom is -0.412 e. The van der Waals surface area contributed by atoms with E-state index in [2.05, 4.69) is 41.5 Å². The van der Waals surface area contributed by atoms with Crippen molar-refractivity contribution in [2.75, 3.05) is 0 Å². The Morgan fingerprint density at radius 2 is 0.600 bits per heavy atom. The molecule has 0 aromatic carbocycles. The summed E-state index contributed by atoms with van der Waals surface area (Å²) in [6.45, 7) is 14.1. The number of hydrogen-bond acceptors (Lipinski definition) is 0. The molecule has 3 heteroatoms. The van der Waals surface area contributed by atoms with E-state index in [1.54, 1.807) is 26.6 Å². The second-order valence-electron chi connectivity index (χ2n) is 3.62. The van der Waals surface area contributed by atoms with Gasteiger partial charge in [-0.25, -0.2) is 0 Å². The molecule has 0 aliphatic carbocycles. The molecule has 0 atom stereocenters. The zero-order valence-corrected chi connectivity index (χ0v) is 17.5. The van der Waals surface area contributed by atoms with Crippen molar-refractivity contribution in [1.29, 1.82) is 0 Å². The van der Waals surface area contributed by atoms with E-state index >= 15 is 0 Å². The van der Waals surface area contributed by atoms with Crippen LogP contribution in [0.25, 0.3) is 0 Å². The Morgan fingerprint density at radius 1 is 0.467 bits per heavy atom. The third-order valence-corrected chi connectivity index (χ3v) is 20.1. The van der Waals surface area contributed by atoms with Crippen molar-refractivity contribution in [3.05, 3.63) is 0 Å². The molecular weight excluding hydrogens is 398 g/mol. The Kier molecular flexibility index (Phi) is 26.1. The SMILES string of the molecule is C[CH2][Sn]([CH2]C)[CH2]C.C[CH2][Sn]([CH2]C)[CH2]C.O. The van der Waals surface area contributed by atoms with Crippen LogP contribution in [0.3, 0.4) is 0 Å². The molecule has 0 heterocycles. The van der Waals surface area contributed by atoms with Crippen LogP contribution in [0.1, 0.15) is 41.5 Å². The van der Waals surface area contributed by atoms with E-state index in [-0.39, 0.29) is 5.48 Å². The maximum absolute atomic E-state index is 2.35. The molecule has 1 nitrogen and oxygen atoms in total. The van der Waals surface area contributed by atoms with Crippen LogP contribution in [-0.4, -0.2) is 45.0 Å². The molecule has 0 aromatic rings. The van der Waals surface area contributed by atoms with Gasteiger partial charge in [0, 0.05) is 0 Å².